The first-order valence-electron chi connectivity index (χ1n) is 4.50. The lowest BCUT2D eigenvalue weighted by Gasteiger charge is -2.09. The van der Waals surface area contributed by atoms with Crippen LogP contribution in [0, 0.1) is 0 Å². The molecule has 1 amide bonds. The highest BCUT2D eigenvalue weighted by Crippen LogP contribution is 2.16. The van der Waals surface area contributed by atoms with Crippen molar-refractivity contribution in [3.05, 3.63) is 24.3 Å². The van der Waals surface area contributed by atoms with Gasteiger partial charge in [0.05, 0.1) is 7.11 Å². The minimum Gasteiger partial charge on any atom is -0.497 e. The van der Waals surface area contributed by atoms with Crippen molar-refractivity contribution in [3.8, 4) is 5.75 Å². The minimum atomic E-state index is -1.18. The quantitative estimate of drug-likeness (QED) is 0.650. The number of aliphatic hydroxyl groups is 1. The molecule has 82 valence electrons. The third kappa shape index (κ3) is 3.23. The fourth-order valence-electron chi connectivity index (χ4n) is 1.03. The molecule has 0 spiro atoms. The number of anilines is 1. The van der Waals surface area contributed by atoms with Crippen LogP contribution in [0.1, 0.15) is 0 Å². The van der Waals surface area contributed by atoms with Crippen LogP contribution in [0.25, 0.3) is 0 Å². The lowest BCUT2D eigenvalue weighted by molar-refractivity contribution is -0.123. The van der Waals surface area contributed by atoms with E-state index in [-0.39, 0.29) is 6.54 Å². The first-order chi connectivity index (χ1) is 7.17. The zero-order chi connectivity index (χ0) is 11.3. The van der Waals surface area contributed by atoms with Crippen molar-refractivity contribution in [1.82, 2.24) is 0 Å². The summed E-state index contributed by atoms with van der Waals surface area (Å²) in [7, 11) is 1.54. The molecule has 4 N–H and O–H groups in total. The molecule has 1 atom stereocenters. The fraction of sp³-hybridized carbons (Fsp3) is 0.300. The van der Waals surface area contributed by atoms with Crippen molar-refractivity contribution >= 4 is 11.6 Å². The zero-order valence-corrected chi connectivity index (χ0v) is 8.43. The van der Waals surface area contributed by atoms with Crippen LogP contribution < -0.4 is 15.8 Å². The number of amides is 1. The number of hydrogen-bond donors (Lipinski definition) is 3. The SMILES string of the molecule is COc1cccc(NC(=O)C(O)CN)c1. The summed E-state index contributed by atoms with van der Waals surface area (Å²) in [5, 5.41) is 11.7. The minimum absolute atomic E-state index is 0.101. The van der Waals surface area contributed by atoms with E-state index in [4.69, 9.17) is 15.6 Å². The lowest BCUT2D eigenvalue weighted by Crippen LogP contribution is -2.34. The summed E-state index contributed by atoms with van der Waals surface area (Å²) in [6, 6.07) is 6.85. The van der Waals surface area contributed by atoms with E-state index in [1.807, 2.05) is 0 Å². The van der Waals surface area contributed by atoms with Gasteiger partial charge in [-0.15, -0.1) is 0 Å². The molecular weight excluding hydrogens is 196 g/mol. The number of hydrogen-bond acceptors (Lipinski definition) is 4. The molecule has 0 heterocycles. The molecule has 5 nitrogen and oxygen atoms in total. The molecule has 0 saturated carbocycles. The molecule has 0 aliphatic rings. The molecular formula is C10H14N2O3. The molecule has 1 unspecified atom stereocenters. The van der Waals surface area contributed by atoms with Crippen LogP contribution in [0.3, 0.4) is 0 Å². The number of rotatable bonds is 4. The fourth-order valence-corrected chi connectivity index (χ4v) is 1.03. The van der Waals surface area contributed by atoms with Gasteiger partial charge in [0, 0.05) is 18.3 Å². The van der Waals surface area contributed by atoms with Crippen molar-refractivity contribution in [2.24, 2.45) is 5.73 Å². The Kier molecular flexibility index (Phi) is 4.08. The second kappa shape index (κ2) is 5.33. The smallest absolute Gasteiger partial charge is 0.254 e. The van der Waals surface area contributed by atoms with Gasteiger partial charge in [0.25, 0.3) is 5.91 Å². The van der Waals surface area contributed by atoms with Crippen molar-refractivity contribution in [2.45, 2.75) is 6.10 Å². The molecule has 0 radical (unpaired) electrons. The summed E-state index contributed by atoms with van der Waals surface area (Å²) in [5.74, 6) is 0.112. The number of benzene rings is 1. The van der Waals surface area contributed by atoms with Crippen molar-refractivity contribution < 1.29 is 14.6 Å². The molecule has 0 fully saturated rings. The van der Waals surface area contributed by atoms with Gasteiger partial charge in [0.1, 0.15) is 11.9 Å². The number of methoxy groups -OCH3 is 1. The molecule has 15 heavy (non-hydrogen) atoms. The van der Waals surface area contributed by atoms with Crippen LogP contribution in [0.5, 0.6) is 5.75 Å². The Morgan fingerprint density at radius 2 is 2.40 bits per heavy atom. The first-order valence-corrected chi connectivity index (χ1v) is 4.50. The standard InChI is InChI=1S/C10H14N2O3/c1-15-8-4-2-3-7(5-8)12-10(14)9(13)6-11/h2-5,9,13H,6,11H2,1H3,(H,12,14). The number of carbonyl (C=O) groups excluding carboxylic acids is 1. The van der Waals surface area contributed by atoms with Gasteiger partial charge in [0.2, 0.25) is 0 Å². The monoisotopic (exact) mass is 210 g/mol. The number of ether oxygens (including phenoxy) is 1. The Labute approximate surface area is 87.9 Å². The average molecular weight is 210 g/mol. The Hall–Kier alpha value is -1.59. The van der Waals surface area contributed by atoms with E-state index < -0.39 is 12.0 Å². The second-order valence-electron chi connectivity index (χ2n) is 2.97. The van der Waals surface area contributed by atoms with E-state index in [1.54, 1.807) is 24.3 Å². The van der Waals surface area contributed by atoms with Crippen LogP contribution in [0.4, 0.5) is 5.69 Å². The Balaban J connectivity index is 2.68. The van der Waals surface area contributed by atoms with Gasteiger partial charge in [-0.25, -0.2) is 0 Å². The molecule has 0 aliphatic carbocycles. The predicted octanol–water partition coefficient (Wildman–Crippen LogP) is -0.0467. The van der Waals surface area contributed by atoms with Crippen LogP contribution in [0.2, 0.25) is 0 Å². The Morgan fingerprint density at radius 3 is 3.00 bits per heavy atom. The number of nitrogens with one attached hydrogen (secondary N) is 1. The van der Waals surface area contributed by atoms with Gasteiger partial charge < -0.3 is 20.9 Å². The third-order valence-electron chi connectivity index (χ3n) is 1.86. The molecule has 0 aliphatic heterocycles. The van der Waals surface area contributed by atoms with Crippen LogP contribution >= 0.6 is 0 Å². The largest absolute Gasteiger partial charge is 0.497 e. The molecule has 5 heteroatoms. The van der Waals surface area contributed by atoms with Crippen LogP contribution in [0.15, 0.2) is 24.3 Å². The third-order valence-corrected chi connectivity index (χ3v) is 1.86. The summed E-state index contributed by atoms with van der Waals surface area (Å²) in [5.41, 5.74) is 5.71. The molecule has 0 saturated heterocycles. The highest BCUT2D eigenvalue weighted by atomic mass is 16.5. The number of nitrogens with two attached hydrogens (primary N) is 1. The molecule has 1 rings (SSSR count). The maximum absolute atomic E-state index is 11.3. The molecule has 1 aromatic rings. The van der Waals surface area contributed by atoms with Crippen LogP contribution in [-0.4, -0.2) is 30.8 Å². The van der Waals surface area contributed by atoms with Gasteiger partial charge in [-0.2, -0.15) is 0 Å². The lowest BCUT2D eigenvalue weighted by atomic mass is 10.2. The van der Waals surface area contributed by atoms with E-state index in [0.29, 0.717) is 11.4 Å². The molecule has 0 bridgehead atoms. The van der Waals surface area contributed by atoms with Crippen molar-refractivity contribution in [3.63, 3.8) is 0 Å². The number of carbonyl (C=O) groups is 1. The summed E-state index contributed by atoms with van der Waals surface area (Å²) < 4.78 is 4.98. The maximum Gasteiger partial charge on any atom is 0.254 e. The van der Waals surface area contributed by atoms with E-state index in [9.17, 15) is 4.79 Å². The first kappa shape index (κ1) is 11.5. The zero-order valence-electron chi connectivity index (χ0n) is 8.43. The van der Waals surface area contributed by atoms with E-state index in [0.717, 1.165) is 0 Å². The normalized spacial score (nSPS) is 11.9. The van der Waals surface area contributed by atoms with Crippen molar-refractivity contribution in [1.29, 1.82) is 0 Å². The summed E-state index contributed by atoms with van der Waals surface area (Å²) in [4.78, 5) is 11.3. The van der Waals surface area contributed by atoms with Gasteiger partial charge in [0.15, 0.2) is 0 Å². The van der Waals surface area contributed by atoms with Gasteiger partial charge in [-0.3, -0.25) is 4.79 Å². The second-order valence-corrected chi connectivity index (χ2v) is 2.97. The van der Waals surface area contributed by atoms with E-state index in [1.165, 1.54) is 7.11 Å². The highest BCUT2D eigenvalue weighted by molar-refractivity contribution is 5.94. The molecule has 0 aromatic heterocycles. The highest BCUT2D eigenvalue weighted by Gasteiger charge is 2.12. The van der Waals surface area contributed by atoms with Crippen LogP contribution in [-0.2, 0) is 4.79 Å². The summed E-state index contributed by atoms with van der Waals surface area (Å²) in [6.45, 7) is -0.101. The average Bonchev–Trinajstić information content (AvgIpc) is 2.28. The molecule has 1 aromatic carbocycles. The number of aliphatic hydroxyl groups excluding tert-OH is 1. The summed E-state index contributed by atoms with van der Waals surface area (Å²) >= 11 is 0. The predicted molar refractivity (Wildman–Crippen MR) is 56.7 cm³/mol. The maximum atomic E-state index is 11.3. The van der Waals surface area contributed by atoms with E-state index >= 15 is 0 Å². The van der Waals surface area contributed by atoms with Crippen molar-refractivity contribution in [2.75, 3.05) is 19.0 Å². The van der Waals surface area contributed by atoms with Gasteiger partial charge in [-0.1, -0.05) is 6.07 Å². The Morgan fingerprint density at radius 1 is 1.67 bits per heavy atom. The van der Waals surface area contributed by atoms with Gasteiger partial charge >= 0.3 is 0 Å². The van der Waals surface area contributed by atoms with E-state index in [2.05, 4.69) is 5.32 Å². The summed E-state index contributed by atoms with van der Waals surface area (Å²) in [6.07, 6.45) is -1.18. The topological polar surface area (TPSA) is 84.6 Å². The van der Waals surface area contributed by atoms with Gasteiger partial charge in [-0.05, 0) is 12.1 Å². The Bertz CT molecular complexity index is 341.